The molecule has 0 unspecified atom stereocenters. The van der Waals surface area contributed by atoms with Crippen molar-refractivity contribution in [1.29, 1.82) is 0 Å². The Kier molecular flexibility index (Phi) is 5.45. The van der Waals surface area contributed by atoms with E-state index in [1.165, 1.54) is 22.0 Å². The summed E-state index contributed by atoms with van der Waals surface area (Å²) in [7, 11) is -1.84. The van der Waals surface area contributed by atoms with Gasteiger partial charge in [0.15, 0.2) is 5.65 Å². The van der Waals surface area contributed by atoms with Gasteiger partial charge in [0, 0.05) is 31.2 Å². The number of hydrogen-bond acceptors (Lipinski definition) is 7. The van der Waals surface area contributed by atoms with Crippen molar-refractivity contribution < 1.29 is 13.5 Å². The minimum absolute atomic E-state index is 0.0532. The van der Waals surface area contributed by atoms with E-state index in [2.05, 4.69) is 30.7 Å². The van der Waals surface area contributed by atoms with Crippen molar-refractivity contribution in [2.45, 2.75) is 30.4 Å². The van der Waals surface area contributed by atoms with Gasteiger partial charge in [-0.2, -0.15) is 5.10 Å². The lowest BCUT2D eigenvalue weighted by molar-refractivity contribution is 0.0464. The minimum Gasteiger partial charge on any atom is -0.393 e. The van der Waals surface area contributed by atoms with Crippen LogP contribution in [0.25, 0.3) is 5.65 Å². The van der Waals surface area contributed by atoms with Gasteiger partial charge in [0.1, 0.15) is 10.7 Å². The van der Waals surface area contributed by atoms with Gasteiger partial charge in [-0.05, 0) is 52.9 Å². The fourth-order valence-electron chi connectivity index (χ4n) is 3.26. The number of anilines is 1. The van der Waals surface area contributed by atoms with Crippen molar-refractivity contribution in [2.75, 3.05) is 18.5 Å². The molecule has 0 amide bonds. The van der Waals surface area contributed by atoms with Crippen LogP contribution >= 0.6 is 27.3 Å². The highest BCUT2D eigenvalue weighted by Gasteiger charge is 2.28. The Morgan fingerprint density at radius 1 is 1.39 bits per heavy atom. The molecule has 3 aromatic rings. The van der Waals surface area contributed by atoms with Crippen molar-refractivity contribution in [2.24, 2.45) is 5.92 Å². The SMILES string of the molecule is CN(CC1CC(O)C1)c1ccn2ncc(S(=O)(=O)NCc3ccc(Br)s3)c2n1. The molecule has 4 rings (SSSR count). The second kappa shape index (κ2) is 7.71. The molecule has 0 atom stereocenters. The monoisotopic (exact) mass is 485 g/mol. The zero-order valence-corrected chi connectivity index (χ0v) is 18.3. The largest absolute Gasteiger partial charge is 0.393 e. The van der Waals surface area contributed by atoms with E-state index in [0.717, 1.165) is 28.0 Å². The van der Waals surface area contributed by atoms with Gasteiger partial charge in [0.05, 0.1) is 16.1 Å². The molecule has 1 aliphatic rings. The molecule has 0 spiro atoms. The summed E-state index contributed by atoms with van der Waals surface area (Å²) in [6.45, 7) is 0.974. The summed E-state index contributed by atoms with van der Waals surface area (Å²) in [5.74, 6) is 1.10. The Balaban J connectivity index is 1.54. The lowest BCUT2D eigenvalue weighted by atomic mass is 9.82. The first-order valence-electron chi connectivity index (χ1n) is 8.79. The number of nitrogens with one attached hydrogen (secondary N) is 1. The molecule has 150 valence electrons. The highest BCUT2D eigenvalue weighted by molar-refractivity contribution is 9.11. The highest BCUT2D eigenvalue weighted by atomic mass is 79.9. The summed E-state index contributed by atoms with van der Waals surface area (Å²) in [5.41, 5.74) is 0.290. The van der Waals surface area contributed by atoms with Crippen LogP contribution in [0, 0.1) is 5.92 Å². The Morgan fingerprint density at radius 2 is 2.18 bits per heavy atom. The van der Waals surface area contributed by atoms with Crippen LogP contribution in [0.2, 0.25) is 0 Å². The summed E-state index contributed by atoms with van der Waals surface area (Å²) < 4.78 is 30.6. The molecule has 3 heterocycles. The molecule has 0 saturated heterocycles. The van der Waals surface area contributed by atoms with Gasteiger partial charge >= 0.3 is 0 Å². The van der Waals surface area contributed by atoms with Gasteiger partial charge in [-0.15, -0.1) is 11.3 Å². The number of halogens is 1. The molecule has 1 aliphatic carbocycles. The topological polar surface area (TPSA) is 99.8 Å². The number of aliphatic hydroxyl groups excluding tert-OH is 1. The summed E-state index contributed by atoms with van der Waals surface area (Å²) in [6.07, 6.45) is 4.42. The molecule has 1 fully saturated rings. The summed E-state index contributed by atoms with van der Waals surface area (Å²) in [5, 5.41) is 13.6. The number of aromatic nitrogens is 3. The first-order chi connectivity index (χ1) is 13.3. The van der Waals surface area contributed by atoms with Gasteiger partial charge in [0.25, 0.3) is 0 Å². The maximum Gasteiger partial charge on any atom is 0.246 e. The van der Waals surface area contributed by atoms with E-state index >= 15 is 0 Å². The predicted octanol–water partition coefficient (Wildman–Crippen LogP) is 2.24. The molecule has 1 saturated carbocycles. The first-order valence-corrected chi connectivity index (χ1v) is 11.9. The number of thiophene rings is 1. The van der Waals surface area contributed by atoms with E-state index < -0.39 is 10.0 Å². The van der Waals surface area contributed by atoms with E-state index in [0.29, 0.717) is 11.7 Å². The highest BCUT2D eigenvalue weighted by Crippen LogP contribution is 2.29. The van der Waals surface area contributed by atoms with E-state index in [1.807, 2.05) is 30.1 Å². The third-order valence-corrected chi connectivity index (χ3v) is 7.83. The molecule has 28 heavy (non-hydrogen) atoms. The Bertz CT molecular complexity index is 1090. The van der Waals surface area contributed by atoms with Crippen molar-refractivity contribution in [3.8, 4) is 0 Å². The second-order valence-electron chi connectivity index (χ2n) is 6.96. The van der Waals surface area contributed by atoms with Crippen LogP contribution in [-0.2, 0) is 16.6 Å². The number of fused-ring (bicyclic) bond motifs is 1. The molecule has 2 N–H and O–H groups in total. The van der Waals surface area contributed by atoms with Crippen LogP contribution in [-0.4, -0.2) is 47.8 Å². The molecular formula is C17H20BrN5O3S2. The lowest BCUT2D eigenvalue weighted by Gasteiger charge is -2.34. The Morgan fingerprint density at radius 3 is 2.86 bits per heavy atom. The molecule has 3 aromatic heterocycles. The predicted molar refractivity (Wildman–Crippen MR) is 111 cm³/mol. The third kappa shape index (κ3) is 4.08. The van der Waals surface area contributed by atoms with Crippen molar-refractivity contribution in [3.05, 3.63) is 39.3 Å². The van der Waals surface area contributed by atoms with E-state index in [1.54, 1.807) is 6.20 Å². The fourth-order valence-corrected chi connectivity index (χ4v) is 5.84. The number of rotatable bonds is 7. The zero-order chi connectivity index (χ0) is 19.9. The molecule has 8 nitrogen and oxygen atoms in total. The summed E-state index contributed by atoms with van der Waals surface area (Å²) in [6, 6.07) is 5.56. The van der Waals surface area contributed by atoms with Crippen LogP contribution < -0.4 is 9.62 Å². The van der Waals surface area contributed by atoms with Crippen molar-refractivity contribution in [3.63, 3.8) is 0 Å². The molecule has 0 aromatic carbocycles. The van der Waals surface area contributed by atoms with Gasteiger partial charge in [-0.25, -0.2) is 22.6 Å². The fraction of sp³-hybridized carbons (Fsp3) is 0.412. The second-order valence-corrected chi connectivity index (χ2v) is 11.2. The average Bonchev–Trinajstić information content (AvgIpc) is 3.24. The minimum atomic E-state index is -3.75. The van der Waals surface area contributed by atoms with Gasteiger partial charge in [0.2, 0.25) is 10.0 Å². The van der Waals surface area contributed by atoms with Crippen LogP contribution in [0.1, 0.15) is 17.7 Å². The number of nitrogens with zero attached hydrogens (tertiary/aromatic N) is 4. The van der Waals surface area contributed by atoms with Crippen LogP contribution in [0.3, 0.4) is 0 Å². The molecule has 0 radical (unpaired) electrons. The third-order valence-electron chi connectivity index (χ3n) is 4.81. The maximum atomic E-state index is 12.8. The van der Waals surface area contributed by atoms with Gasteiger partial charge < -0.3 is 10.0 Å². The quantitative estimate of drug-likeness (QED) is 0.532. The average molecular weight is 486 g/mol. The molecule has 0 aliphatic heterocycles. The maximum absolute atomic E-state index is 12.8. The van der Waals surface area contributed by atoms with E-state index in [4.69, 9.17) is 0 Å². The lowest BCUT2D eigenvalue weighted by Crippen LogP contribution is -2.37. The summed E-state index contributed by atoms with van der Waals surface area (Å²) >= 11 is 4.85. The molecule has 0 bridgehead atoms. The van der Waals surface area contributed by atoms with Crippen molar-refractivity contribution in [1.82, 2.24) is 19.3 Å². The number of aliphatic hydroxyl groups is 1. The Hall–Kier alpha value is -1.53. The normalized spacial score (nSPS) is 19.7. The number of sulfonamides is 1. The van der Waals surface area contributed by atoms with Gasteiger partial charge in [-0.1, -0.05) is 0 Å². The molecular weight excluding hydrogens is 466 g/mol. The van der Waals surface area contributed by atoms with Crippen LogP contribution in [0.5, 0.6) is 0 Å². The van der Waals surface area contributed by atoms with Crippen molar-refractivity contribution >= 4 is 48.8 Å². The number of hydrogen-bond donors (Lipinski definition) is 2. The zero-order valence-electron chi connectivity index (χ0n) is 15.1. The standard InChI is InChI=1S/C17H20BrN5O3S2/c1-22(10-11-6-12(24)7-11)16-4-5-23-17(21-16)14(9-19-23)28(25,26)20-8-13-2-3-15(18)27-13/h2-5,9,11-12,20,24H,6-8,10H2,1H3. The Labute approximate surface area is 175 Å². The van der Waals surface area contributed by atoms with Crippen LogP contribution in [0.4, 0.5) is 5.82 Å². The smallest absolute Gasteiger partial charge is 0.246 e. The van der Waals surface area contributed by atoms with E-state index in [-0.39, 0.29) is 23.2 Å². The van der Waals surface area contributed by atoms with Crippen LogP contribution in [0.15, 0.2) is 39.3 Å². The molecule has 11 heteroatoms. The first kappa shape index (κ1) is 19.8. The van der Waals surface area contributed by atoms with E-state index in [9.17, 15) is 13.5 Å². The van der Waals surface area contributed by atoms with Gasteiger partial charge in [-0.3, -0.25) is 0 Å². The summed E-state index contributed by atoms with van der Waals surface area (Å²) in [4.78, 5) is 7.47.